The Balaban J connectivity index is 1.26. The van der Waals surface area contributed by atoms with Crippen LogP contribution >= 0.6 is 11.6 Å². The molecule has 0 spiro atoms. The number of nitrogens with one attached hydrogen (secondary N) is 4. The summed E-state index contributed by atoms with van der Waals surface area (Å²) in [4.78, 5) is 44.6. The number of ether oxygens (including phenoxy) is 1. The van der Waals surface area contributed by atoms with Crippen molar-refractivity contribution in [3.63, 3.8) is 0 Å². The van der Waals surface area contributed by atoms with Crippen LogP contribution in [0.25, 0.3) is 0 Å². The zero-order valence-corrected chi connectivity index (χ0v) is 19.3. The first-order valence-electron chi connectivity index (χ1n) is 11.4. The van der Waals surface area contributed by atoms with Crippen LogP contribution in [-0.4, -0.2) is 53.0 Å². The lowest BCUT2D eigenvalue weighted by Gasteiger charge is -2.28. The number of imidazole rings is 1. The van der Waals surface area contributed by atoms with Crippen LogP contribution in [-0.2, 0) is 9.53 Å². The number of aromatic nitrogens is 2. The lowest BCUT2D eigenvalue weighted by molar-refractivity contribution is -0.120. The molecule has 1 unspecified atom stereocenters. The predicted molar refractivity (Wildman–Crippen MR) is 123 cm³/mol. The van der Waals surface area contributed by atoms with Gasteiger partial charge in [-0.15, -0.1) is 0 Å². The molecule has 0 radical (unpaired) electrons. The highest BCUT2D eigenvalue weighted by atomic mass is 35.5. The Labute approximate surface area is 201 Å². The van der Waals surface area contributed by atoms with E-state index >= 15 is 0 Å². The highest BCUT2D eigenvalue weighted by Crippen LogP contribution is 2.28. The number of aromatic amines is 1. The number of rotatable bonds is 7. The van der Waals surface area contributed by atoms with E-state index < -0.39 is 17.6 Å². The average Bonchev–Trinajstić information content (AvgIpc) is 3.53. The van der Waals surface area contributed by atoms with E-state index in [0.717, 1.165) is 12.8 Å². The number of amides is 3. The molecule has 2 aliphatic rings. The minimum atomic E-state index is -0.482. The molecule has 182 valence electrons. The molecule has 1 aromatic heterocycles. The van der Waals surface area contributed by atoms with Gasteiger partial charge in [0.1, 0.15) is 11.5 Å². The first-order valence-corrected chi connectivity index (χ1v) is 11.8. The van der Waals surface area contributed by atoms with E-state index in [1.807, 2.05) is 0 Å². The van der Waals surface area contributed by atoms with Crippen molar-refractivity contribution in [2.24, 2.45) is 5.92 Å². The molecule has 11 heteroatoms. The van der Waals surface area contributed by atoms with Gasteiger partial charge in [0, 0.05) is 25.1 Å². The van der Waals surface area contributed by atoms with Crippen LogP contribution in [0.1, 0.15) is 59.5 Å². The molecule has 2 heterocycles. The maximum atomic E-state index is 13.4. The number of hydrogen-bond donors (Lipinski definition) is 4. The summed E-state index contributed by atoms with van der Waals surface area (Å²) in [6.45, 7) is 1.07. The normalized spacial score (nSPS) is 22.2. The van der Waals surface area contributed by atoms with Crippen molar-refractivity contribution in [1.29, 1.82) is 0 Å². The standard InChI is InChI=1S/C23H27ClFN5O4/c24-17-8-5-14(25)10-18(17)30-21(31)13-3-6-15(7-4-13)29-23(33)20-19(27-12-28-20)22(32)26-11-16-2-1-9-34-16/h5,8,10,12-13,15-16H,1-4,6-7,9,11H2,(H,26,32)(H,27,28)(H,29,33)(H,30,31)/t13-,15-,16?. The highest BCUT2D eigenvalue weighted by Gasteiger charge is 2.29. The monoisotopic (exact) mass is 491 g/mol. The maximum absolute atomic E-state index is 13.4. The van der Waals surface area contributed by atoms with Gasteiger partial charge in [0.05, 0.1) is 23.1 Å². The summed E-state index contributed by atoms with van der Waals surface area (Å²) >= 11 is 6.02. The van der Waals surface area contributed by atoms with Crippen LogP contribution in [0.4, 0.5) is 10.1 Å². The van der Waals surface area contributed by atoms with Crippen molar-refractivity contribution >= 4 is 35.0 Å². The molecule has 4 rings (SSSR count). The number of nitrogens with zero attached hydrogens (tertiary/aromatic N) is 1. The fraction of sp³-hybridized carbons (Fsp3) is 0.478. The first kappa shape index (κ1) is 24.2. The molecule has 0 bridgehead atoms. The third-order valence-corrected chi connectivity index (χ3v) is 6.54. The Morgan fingerprint density at radius 1 is 1.15 bits per heavy atom. The number of halogens is 2. The van der Waals surface area contributed by atoms with Crippen molar-refractivity contribution in [3.8, 4) is 0 Å². The summed E-state index contributed by atoms with van der Waals surface area (Å²) in [6, 6.07) is 3.67. The number of anilines is 1. The van der Waals surface area contributed by atoms with Crippen molar-refractivity contribution < 1.29 is 23.5 Å². The largest absolute Gasteiger partial charge is 0.376 e. The smallest absolute Gasteiger partial charge is 0.272 e. The van der Waals surface area contributed by atoms with Crippen molar-refractivity contribution in [3.05, 3.63) is 46.8 Å². The molecular formula is C23H27ClFN5O4. The molecule has 1 saturated carbocycles. The van der Waals surface area contributed by atoms with Crippen molar-refractivity contribution in [2.75, 3.05) is 18.5 Å². The zero-order chi connectivity index (χ0) is 24.1. The SMILES string of the molecule is O=C(NCC1CCCO1)c1nc[nH]c1C(=O)N[C@H]1CC[C@H](C(=O)Nc2cc(F)ccc2Cl)CC1. The number of H-pyrrole nitrogens is 1. The van der Waals surface area contributed by atoms with E-state index in [9.17, 15) is 18.8 Å². The Kier molecular flexibility index (Phi) is 7.79. The van der Waals surface area contributed by atoms with E-state index in [4.69, 9.17) is 16.3 Å². The molecule has 1 aliphatic heterocycles. The van der Waals surface area contributed by atoms with Gasteiger partial charge < -0.3 is 25.7 Å². The molecule has 4 N–H and O–H groups in total. The van der Waals surface area contributed by atoms with Gasteiger partial charge in [0.25, 0.3) is 11.8 Å². The molecular weight excluding hydrogens is 465 g/mol. The Morgan fingerprint density at radius 3 is 2.68 bits per heavy atom. The van der Waals surface area contributed by atoms with Crippen molar-refractivity contribution in [1.82, 2.24) is 20.6 Å². The van der Waals surface area contributed by atoms with Crippen LogP contribution in [0.2, 0.25) is 5.02 Å². The van der Waals surface area contributed by atoms with E-state index in [1.165, 1.54) is 24.5 Å². The molecule has 1 saturated heterocycles. The topological polar surface area (TPSA) is 125 Å². The maximum Gasteiger partial charge on any atom is 0.272 e. The second-order valence-corrected chi connectivity index (χ2v) is 9.01. The fourth-order valence-corrected chi connectivity index (χ4v) is 4.49. The van der Waals surface area contributed by atoms with Gasteiger partial charge in [0.2, 0.25) is 5.91 Å². The Bertz CT molecular complexity index is 1050. The third-order valence-electron chi connectivity index (χ3n) is 6.22. The lowest BCUT2D eigenvalue weighted by Crippen LogP contribution is -2.40. The second-order valence-electron chi connectivity index (χ2n) is 8.61. The number of carbonyl (C=O) groups excluding carboxylic acids is 3. The first-order chi connectivity index (χ1) is 16.4. The number of benzene rings is 1. The predicted octanol–water partition coefficient (Wildman–Crippen LogP) is 3.04. The molecule has 2 fully saturated rings. The molecule has 1 atom stereocenters. The molecule has 1 aromatic carbocycles. The average molecular weight is 492 g/mol. The molecule has 1 aliphatic carbocycles. The summed E-state index contributed by atoms with van der Waals surface area (Å²) in [5.41, 5.74) is 0.382. The molecule has 34 heavy (non-hydrogen) atoms. The zero-order valence-electron chi connectivity index (χ0n) is 18.5. The van der Waals surface area contributed by atoms with Gasteiger partial charge >= 0.3 is 0 Å². The number of carbonyl (C=O) groups is 3. The van der Waals surface area contributed by atoms with Crippen LogP contribution in [0, 0.1) is 11.7 Å². The minimum absolute atomic E-state index is 0.00973. The summed E-state index contributed by atoms with van der Waals surface area (Å²) in [7, 11) is 0. The van der Waals surface area contributed by atoms with Crippen LogP contribution in [0.15, 0.2) is 24.5 Å². The van der Waals surface area contributed by atoms with Crippen LogP contribution in [0.3, 0.4) is 0 Å². The molecule has 2 aromatic rings. The van der Waals surface area contributed by atoms with Crippen molar-refractivity contribution in [2.45, 2.75) is 50.7 Å². The Hall–Kier alpha value is -2.98. The van der Waals surface area contributed by atoms with Gasteiger partial charge in [0.15, 0.2) is 5.69 Å². The number of hydrogen-bond acceptors (Lipinski definition) is 5. The summed E-state index contributed by atoms with van der Waals surface area (Å²) in [5, 5.41) is 8.65. The van der Waals surface area contributed by atoms with Gasteiger partial charge in [-0.25, -0.2) is 9.37 Å². The summed E-state index contributed by atoms with van der Waals surface area (Å²) in [5.74, 6) is -1.82. The van der Waals surface area contributed by atoms with Gasteiger partial charge in [-0.2, -0.15) is 0 Å². The van der Waals surface area contributed by atoms with E-state index in [-0.39, 0.29) is 46.1 Å². The van der Waals surface area contributed by atoms with Gasteiger partial charge in [-0.3, -0.25) is 14.4 Å². The van der Waals surface area contributed by atoms with E-state index in [1.54, 1.807) is 0 Å². The summed E-state index contributed by atoms with van der Waals surface area (Å²) in [6.07, 6.45) is 5.47. The minimum Gasteiger partial charge on any atom is -0.376 e. The van der Waals surface area contributed by atoms with E-state index in [0.29, 0.717) is 38.8 Å². The fourth-order valence-electron chi connectivity index (χ4n) is 4.32. The highest BCUT2D eigenvalue weighted by molar-refractivity contribution is 6.33. The van der Waals surface area contributed by atoms with Crippen LogP contribution in [0.5, 0.6) is 0 Å². The van der Waals surface area contributed by atoms with E-state index in [2.05, 4.69) is 25.9 Å². The second kappa shape index (κ2) is 11.0. The quantitative estimate of drug-likeness (QED) is 0.473. The van der Waals surface area contributed by atoms with Crippen LogP contribution < -0.4 is 16.0 Å². The lowest BCUT2D eigenvalue weighted by atomic mass is 9.85. The molecule has 9 nitrogen and oxygen atoms in total. The molecule has 3 amide bonds. The Morgan fingerprint density at radius 2 is 1.94 bits per heavy atom. The van der Waals surface area contributed by atoms with Gasteiger partial charge in [-0.05, 0) is 56.7 Å². The van der Waals surface area contributed by atoms with Gasteiger partial charge in [-0.1, -0.05) is 11.6 Å². The summed E-state index contributed by atoms with van der Waals surface area (Å²) < 4.78 is 18.9. The third kappa shape index (κ3) is 5.92.